The third kappa shape index (κ3) is 3.30. The van der Waals surface area contributed by atoms with Crippen LogP contribution in [-0.2, 0) is 22.9 Å². The number of fused-ring (bicyclic) bond motifs is 1. The van der Waals surface area contributed by atoms with Crippen LogP contribution in [0.2, 0.25) is 0 Å². The zero-order valence-corrected chi connectivity index (χ0v) is 13.7. The molecular formula is C16H25NO3S. The summed E-state index contributed by atoms with van der Waals surface area (Å²) < 4.78 is 27.3. The van der Waals surface area contributed by atoms with Gasteiger partial charge in [0.25, 0.3) is 0 Å². The number of nitrogens with zero attached hydrogens (tertiary/aromatic N) is 1. The van der Waals surface area contributed by atoms with Gasteiger partial charge in [-0.05, 0) is 55.4 Å². The Bertz CT molecular complexity index is 579. The molecule has 0 saturated carbocycles. The molecule has 21 heavy (non-hydrogen) atoms. The summed E-state index contributed by atoms with van der Waals surface area (Å²) in [6, 6.07) is 5.42. The number of benzene rings is 1. The third-order valence-corrected chi connectivity index (χ3v) is 6.29. The Balaban J connectivity index is 2.38. The van der Waals surface area contributed by atoms with E-state index in [9.17, 15) is 13.5 Å². The van der Waals surface area contributed by atoms with E-state index in [4.69, 9.17) is 0 Å². The van der Waals surface area contributed by atoms with Gasteiger partial charge in [-0.15, -0.1) is 0 Å². The number of rotatable bonds is 7. The largest absolute Gasteiger partial charge is 0.395 e. The predicted molar refractivity (Wildman–Crippen MR) is 83.8 cm³/mol. The van der Waals surface area contributed by atoms with Crippen LogP contribution < -0.4 is 0 Å². The fraction of sp³-hybridized carbons (Fsp3) is 0.625. The molecule has 1 aliphatic rings. The molecule has 1 aromatic carbocycles. The minimum absolute atomic E-state index is 0.0598. The molecule has 0 aliphatic heterocycles. The first-order chi connectivity index (χ1) is 10.0. The molecule has 0 atom stereocenters. The molecular weight excluding hydrogens is 286 g/mol. The molecule has 0 saturated heterocycles. The van der Waals surface area contributed by atoms with Crippen molar-refractivity contribution in [2.75, 3.05) is 13.2 Å². The van der Waals surface area contributed by atoms with Gasteiger partial charge < -0.3 is 5.11 Å². The summed E-state index contributed by atoms with van der Waals surface area (Å²) in [5, 5.41) is 9.24. The van der Waals surface area contributed by atoms with Crippen molar-refractivity contribution in [3.63, 3.8) is 0 Å². The number of aliphatic hydroxyl groups is 1. The zero-order chi connectivity index (χ0) is 15.5. The Labute approximate surface area is 127 Å². The minimum atomic E-state index is -3.53. The number of aliphatic hydroxyl groups excluding tert-OH is 1. The van der Waals surface area contributed by atoms with Crippen molar-refractivity contribution in [3.8, 4) is 0 Å². The maximum absolute atomic E-state index is 12.9. The number of aryl methyl sites for hydroxylation is 2. The second-order valence-electron chi connectivity index (χ2n) is 5.59. The van der Waals surface area contributed by atoms with E-state index in [1.165, 1.54) is 9.87 Å². The van der Waals surface area contributed by atoms with Crippen LogP contribution >= 0.6 is 0 Å². The lowest BCUT2D eigenvalue weighted by Crippen LogP contribution is -2.41. The van der Waals surface area contributed by atoms with E-state index in [0.29, 0.717) is 4.90 Å². The van der Waals surface area contributed by atoms with Crippen LogP contribution in [0.15, 0.2) is 23.1 Å². The molecule has 0 radical (unpaired) electrons. The van der Waals surface area contributed by atoms with Crippen molar-refractivity contribution in [2.24, 2.45) is 0 Å². The predicted octanol–water partition coefficient (Wildman–Crippen LogP) is 2.35. The quantitative estimate of drug-likeness (QED) is 0.841. The average molecular weight is 311 g/mol. The SMILES string of the molecule is CCC(CC)N(CCO)S(=O)(=O)c1ccc2c(c1)CCC2. The minimum Gasteiger partial charge on any atom is -0.395 e. The molecule has 1 aliphatic carbocycles. The first kappa shape index (κ1) is 16.5. The zero-order valence-electron chi connectivity index (χ0n) is 12.9. The molecule has 0 amide bonds. The monoisotopic (exact) mass is 311 g/mol. The van der Waals surface area contributed by atoms with Gasteiger partial charge in [0.1, 0.15) is 0 Å². The number of hydrogen-bond acceptors (Lipinski definition) is 3. The maximum Gasteiger partial charge on any atom is 0.243 e. The number of hydrogen-bond donors (Lipinski definition) is 1. The molecule has 0 bridgehead atoms. The Hall–Kier alpha value is -0.910. The Morgan fingerprint density at radius 1 is 1.19 bits per heavy atom. The summed E-state index contributed by atoms with van der Waals surface area (Å²) in [5.41, 5.74) is 2.43. The molecule has 2 rings (SSSR count). The second-order valence-corrected chi connectivity index (χ2v) is 7.48. The van der Waals surface area contributed by atoms with Crippen molar-refractivity contribution < 1.29 is 13.5 Å². The van der Waals surface area contributed by atoms with Crippen LogP contribution in [0, 0.1) is 0 Å². The van der Waals surface area contributed by atoms with Gasteiger partial charge in [-0.2, -0.15) is 4.31 Å². The molecule has 0 fully saturated rings. The van der Waals surface area contributed by atoms with Gasteiger partial charge in [0, 0.05) is 12.6 Å². The Morgan fingerprint density at radius 2 is 1.86 bits per heavy atom. The van der Waals surface area contributed by atoms with Gasteiger partial charge in [0.2, 0.25) is 10.0 Å². The summed E-state index contributed by atoms with van der Waals surface area (Å²) in [6.45, 7) is 3.97. The van der Waals surface area contributed by atoms with Gasteiger partial charge in [0.15, 0.2) is 0 Å². The molecule has 1 aromatic rings. The van der Waals surface area contributed by atoms with Crippen molar-refractivity contribution in [1.29, 1.82) is 0 Å². The van der Waals surface area contributed by atoms with Crippen LogP contribution in [0.25, 0.3) is 0 Å². The lowest BCUT2D eigenvalue weighted by molar-refractivity contribution is 0.219. The summed E-state index contributed by atoms with van der Waals surface area (Å²) in [7, 11) is -3.53. The van der Waals surface area contributed by atoms with Gasteiger partial charge in [-0.25, -0.2) is 8.42 Å². The van der Waals surface area contributed by atoms with Gasteiger partial charge in [-0.1, -0.05) is 19.9 Å². The van der Waals surface area contributed by atoms with E-state index in [1.807, 2.05) is 26.0 Å². The first-order valence-corrected chi connectivity index (χ1v) is 9.23. The summed E-state index contributed by atoms with van der Waals surface area (Å²) >= 11 is 0. The van der Waals surface area contributed by atoms with E-state index in [2.05, 4.69) is 0 Å². The van der Waals surface area contributed by atoms with Gasteiger partial charge >= 0.3 is 0 Å². The van der Waals surface area contributed by atoms with Gasteiger partial charge in [-0.3, -0.25) is 0 Å². The van der Waals surface area contributed by atoms with Crippen molar-refractivity contribution in [3.05, 3.63) is 29.3 Å². The lowest BCUT2D eigenvalue weighted by atomic mass is 10.1. The van der Waals surface area contributed by atoms with Gasteiger partial charge in [0.05, 0.1) is 11.5 Å². The molecule has 4 nitrogen and oxygen atoms in total. The van der Waals surface area contributed by atoms with E-state index in [0.717, 1.165) is 37.7 Å². The maximum atomic E-state index is 12.9. The van der Waals surface area contributed by atoms with E-state index >= 15 is 0 Å². The van der Waals surface area contributed by atoms with Crippen LogP contribution in [-0.4, -0.2) is 37.0 Å². The number of sulfonamides is 1. The van der Waals surface area contributed by atoms with E-state index in [-0.39, 0.29) is 19.2 Å². The highest BCUT2D eigenvalue weighted by molar-refractivity contribution is 7.89. The van der Waals surface area contributed by atoms with Crippen molar-refractivity contribution in [1.82, 2.24) is 4.31 Å². The fourth-order valence-corrected chi connectivity index (χ4v) is 4.95. The summed E-state index contributed by atoms with van der Waals surface area (Å²) in [5.74, 6) is 0. The average Bonchev–Trinajstić information content (AvgIpc) is 2.94. The fourth-order valence-electron chi connectivity index (χ4n) is 3.14. The van der Waals surface area contributed by atoms with Crippen LogP contribution in [0.4, 0.5) is 0 Å². The Morgan fingerprint density at radius 3 is 2.48 bits per heavy atom. The molecule has 0 spiro atoms. The van der Waals surface area contributed by atoms with Crippen LogP contribution in [0.1, 0.15) is 44.2 Å². The summed E-state index contributed by atoms with van der Waals surface area (Å²) in [4.78, 5) is 0.364. The topological polar surface area (TPSA) is 57.6 Å². The van der Waals surface area contributed by atoms with E-state index in [1.54, 1.807) is 6.07 Å². The van der Waals surface area contributed by atoms with Crippen LogP contribution in [0.3, 0.4) is 0 Å². The highest BCUT2D eigenvalue weighted by Crippen LogP contribution is 2.27. The second kappa shape index (κ2) is 6.90. The first-order valence-electron chi connectivity index (χ1n) is 7.79. The Kier molecular flexibility index (Phi) is 5.41. The molecule has 0 aromatic heterocycles. The lowest BCUT2D eigenvalue weighted by Gasteiger charge is -2.29. The standard InChI is InChI=1S/C16H25NO3S/c1-3-15(4-2)17(10-11-18)21(19,20)16-9-8-13-6-5-7-14(13)12-16/h8-9,12,15,18H,3-7,10-11H2,1-2H3. The molecule has 1 N–H and O–H groups in total. The molecule has 118 valence electrons. The molecule has 0 unspecified atom stereocenters. The van der Waals surface area contributed by atoms with Crippen molar-refractivity contribution >= 4 is 10.0 Å². The molecule has 5 heteroatoms. The van der Waals surface area contributed by atoms with Crippen molar-refractivity contribution in [2.45, 2.75) is 56.9 Å². The third-order valence-electron chi connectivity index (χ3n) is 4.35. The smallest absolute Gasteiger partial charge is 0.243 e. The highest BCUT2D eigenvalue weighted by atomic mass is 32.2. The molecule has 0 heterocycles. The summed E-state index contributed by atoms with van der Waals surface area (Å²) in [6.07, 6.45) is 4.61. The van der Waals surface area contributed by atoms with Crippen LogP contribution in [0.5, 0.6) is 0 Å². The van der Waals surface area contributed by atoms with E-state index < -0.39 is 10.0 Å². The normalized spacial score (nSPS) is 14.9. The highest BCUT2D eigenvalue weighted by Gasteiger charge is 2.30.